The van der Waals surface area contributed by atoms with Gasteiger partial charge in [0.2, 0.25) is 29.5 Å². The Bertz CT molecular complexity index is 2720. The van der Waals surface area contributed by atoms with Crippen LogP contribution in [0.5, 0.6) is 5.88 Å². The number of fused-ring (bicyclic) bond motifs is 8. The van der Waals surface area contributed by atoms with Crippen LogP contribution in [0.15, 0.2) is 60.8 Å². The minimum Gasteiger partial charge on any atom is -0.481 e. The minimum absolute atomic E-state index is 0.117. The van der Waals surface area contributed by atoms with E-state index in [9.17, 15) is 28.4 Å². The summed E-state index contributed by atoms with van der Waals surface area (Å²) in [6.45, 7) is 13.1. The molecule has 20 nitrogen and oxygen atoms in total. The smallest absolute Gasteiger partial charge is 0.254 e. The number of amides is 5. The Labute approximate surface area is 458 Å². The number of hydrogen-bond donors (Lipinski definition) is 5. The molecule has 3 aliphatic rings. The van der Waals surface area contributed by atoms with Crippen molar-refractivity contribution in [3.05, 3.63) is 89.0 Å². The summed E-state index contributed by atoms with van der Waals surface area (Å²) in [6, 6.07) is 14.2. The van der Waals surface area contributed by atoms with E-state index in [0.29, 0.717) is 104 Å². The molecule has 6 N–H and O–H groups in total. The highest BCUT2D eigenvalue weighted by molar-refractivity contribution is 5.96. The number of likely N-dealkylation sites (tertiary alicyclic amines) is 1. The number of rotatable bonds is 23. The number of methoxy groups -OCH3 is 1. The third-order valence-corrected chi connectivity index (χ3v) is 15.3. The summed E-state index contributed by atoms with van der Waals surface area (Å²) in [5.74, 6) is -1.23. The maximum absolute atomic E-state index is 14.8. The Kier molecular flexibility index (Phi) is 20.3. The number of likely N-dealkylation sites (N-methyl/N-ethyl adjacent to an activating group) is 2. The lowest BCUT2D eigenvalue weighted by Crippen LogP contribution is -2.53. The first-order valence-electron chi connectivity index (χ1n) is 27.3. The molecule has 0 aliphatic carbocycles. The second-order valence-electron chi connectivity index (χ2n) is 21.7. The molecule has 5 amide bonds. The fraction of sp³-hybridized carbons (Fsp3) is 0.561. The summed E-state index contributed by atoms with van der Waals surface area (Å²) in [4.78, 5) is 80.3. The van der Waals surface area contributed by atoms with Crippen molar-refractivity contribution >= 4 is 41.0 Å². The summed E-state index contributed by atoms with van der Waals surface area (Å²) in [6.07, 6.45) is 4.44. The number of carbonyl (C=O) groups excluding carboxylic acids is 5. The Hall–Kier alpha value is -6.68. The summed E-state index contributed by atoms with van der Waals surface area (Å²) in [7, 11) is 6.67. The van der Waals surface area contributed by atoms with Crippen molar-refractivity contribution < 1.29 is 42.6 Å². The number of carbonyl (C=O) groups is 5. The lowest BCUT2D eigenvalue weighted by Gasteiger charge is -2.35. The zero-order valence-electron chi connectivity index (χ0n) is 46.9. The van der Waals surface area contributed by atoms with E-state index < -0.39 is 29.2 Å². The fourth-order valence-corrected chi connectivity index (χ4v) is 10.6. The molecule has 2 saturated heterocycles. The van der Waals surface area contributed by atoms with Gasteiger partial charge in [-0.2, -0.15) is 5.10 Å². The maximum atomic E-state index is 14.8. The van der Waals surface area contributed by atoms with E-state index in [0.717, 1.165) is 12.0 Å². The molecule has 6 atom stereocenters. The predicted molar refractivity (Wildman–Crippen MR) is 296 cm³/mol. The van der Waals surface area contributed by atoms with Crippen LogP contribution in [0.1, 0.15) is 106 Å². The zero-order chi connectivity index (χ0) is 56.3. The van der Waals surface area contributed by atoms with E-state index in [-0.39, 0.29) is 86.9 Å². The molecule has 0 spiro atoms. The van der Waals surface area contributed by atoms with E-state index in [2.05, 4.69) is 31.2 Å². The standard InChI is InChI=1S/C57H81FN12O8/c1-10-44(37-15-12-11-13-16-37)64-53(73)48-31-40(34-69(48)55(75)43(57(3,4)5)33-63-52(72)36(2)60-6)61-21-26-78-28-27-77-25-20-49(71)66(7)23-24-70-56(76-9)50-38-29-47(51(59)62-32-38)68-22-14-17-46(68)42-30-39(58)18-19-41(42)54(74)67(8)35-45(50)65-70/h11-13,15-16,18-19,29-30,32,36,40,43-44,46,48,60-61H,10,14,17,20-28,31,33-35H2,1-9H3,(H2,59,62)(H,63,72)(H,64,73)/t36-,40-,43?,44+,46-,48-/m1/s1. The van der Waals surface area contributed by atoms with Crippen molar-refractivity contribution in [3.8, 4) is 17.0 Å². The van der Waals surface area contributed by atoms with Crippen LogP contribution in [-0.4, -0.2) is 165 Å². The van der Waals surface area contributed by atoms with Crippen LogP contribution in [0.3, 0.4) is 0 Å². The molecule has 78 heavy (non-hydrogen) atoms. The number of nitrogens with one attached hydrogen (secondary N) is 4. The van der Waals surface area contributed by atoms with Gasteiger partial charge in [-0.1, -0.05) is 58.0 Å². The summed E-state index contributed by atoms with van der Waals surface area (Å²) >= 11 is 0. The van der Waals surface area contributed by atoms with Crippen LogP contribution in [0.2, 0.25) is 0 Å². The number of nitrogens with zero attached hydrogens (tertiary/aromatic N) is 7. The maximum Gasteiger partial charge on any atom is 0.254 e. The second kappa shape index (κ2) is 26.8. The van der Waals surface area contributed by atoms with Gasteiger partial charge >= 0.3 is 0 Å². The van der Waals surface area contributed by atoms with Gasteiger partial charge in [0.25, 0.3) is 5.91 Å². The van der Waals surface area contributed by atoms with Crippen LogP contribution in [-0.2, 0) is 41.7 Å². The monoisotopic (exact) mass is 1080 g/mol. The number of halogens is 1. The molecule has 2 aromatic heterocycles. The Morgan fingerprint density at radius 1 is 1.03 bits per heavy atom. The molecule has 2 aromatic carbocycles. The third-order valence-electron chi connectivity index (χ3n) is 15.3. The van der Waals surface area contributed by atoms with Crippen LogP contribution < -0.4 is 36.6 Å². The molecule has 0 saturated carbocycles. The van der Waals surface area contributed by atoms with Gasteiger partial charge in [0.15, 0.2) is 0 Å². The van der Waals surface area contributed by atoms with Gasteiger partial charge in [-0.05, 0) is 80.5 Å². The number of benzene rings is 2. The van der Waals surface area contributed by atoms with E-state index in [4.69, 9.17) is 25.0 Å². The van der Waals surface area contributed by atoms with Gasteiger partial charge in [0, 0.05) is 70.2 Å². The van der Waals surface area contributed by atoms with Crippen molar-refractivity contribution in [2.45, 2.75) is 110 Å². The highest BCUT2D eigenvalue weighted by Gasteiger charge is 2.45. The molecule has 0 radical (unpaired) electrons. The number of ether oxygens (including phenoxy) is 3. The number of nitrogens with two attached hydrogens (primary N) is 1. The zero-order valence-corrected chi connectivity index (χ0v) is 46.9. The molecule has 424 valence electrons. The van der Waals surface area contributed by atoms with E-state index >= 15 is 0 Å². The Morgan fingerprint density at radius 3 is 2.47 bits per heavy atom. The van der Waals surface area contributed by atoms with E-state index in [1.807, 2.05) is 64.1 Å². The van der Waals surface area contributed by atoms with Crippen LogP contribution in [0, 0.1) is 17.2 Å². The van der Waals surface area contributed by atoms with Crippen molar-refractivity contribution in [3.63, 3.8) is 0 Å². The molecule has 7 rings (SSSR count). The van der Waals surface area contributed by atoms with Gasteiger partial charge in [-0.25, -0.2) is 14.1 Å². The third kappa shape index (κ3) is 14.1. The fourth-order valence-electron chi connectivity index (χ4n) is 10.6. The van der Waals surface area contributed by atoms with Gasteiger partial charge in [-0.15, -0.1) is 0 Å². The minimum atomic E-state index is -0.715. The lowest BCUT2D eigenvalue weighted by atomic mass is 9.79. The molecule has 4 aromatic rings. The van der Waals surface area contributed by atoms with Gasteiger partial charge in [-0.3, -0.25) is 24.0 Å². The van der Waals surface area contributed by atoms with E-state index in [1.165, 1.54) is 12.1 Å². The molecule has 2 fully saturated rings. The topological polar surface area (TPSA) is 231 Å². The lowest BCUT2D eigenvalue weighted by molar-refractivity contribution is -0.144. The molecule has 21 heteroatoms. The molecular weight excluding hydrogens is 1000 g/mol. The molecule has 3 aliphatic heterocycles. The highest BCUT2D eigenvalue weighted by Crippen LogP contribution is 2.44. The number of anilines is 2. The molecular formula is C57H81FN12O8. The summed E-state index contributed by atoms with van der Waals surface area (Å²) in [5, 5.41) is 17.5. The van der Waals surface area contributed by atoms with Gasteiger partial charge in [0.05, 0.1) is 94.0 Å². The molecule has 1 unspecified atom stereocenters. The highest BCUT2D eigenvalue weighted by atomic mass is 19.1. The van der Waals surface area contributed by atoms with Crippen LogP contribution in [0.4, 0.5) is 15.9 Å². The van der Waals surface area contributed by atoms with Crippen LogP contribution >= 0.6 is 0 Å². The van der Waals surface area contributed by atoms with Gasteiger partial charge in [0.1, 0.15) is 17.7 Å². The number of pyridine rings is 1. The van der Waals surface area contributed by atoms with Crippen molar-refractivity contribution in [2.75, 3.05) is 98.0 Å². The van der Waals surface area contributed by atoms with Crippen molar-refractivity contribution in [1.29, 1.82) is 0 Å². The second-order valence-corrected chi connectivity index (χ2v) is 21.7. The first kappa shape index (κ1) is 59.0. The van der Waals surface area contributed by atoms with E-state index in [1.54, 1.807) is 66.8 Å². The van der Waals surface area contributed by atoms with Crippen LogP contribution in [0.25, 0.3) is 11.1 Å². The summed E-state index contributed by atoms with van der Waals surface area (Å²) in [5.41, 5.74) is 10.6. The molecule has 5 heterocycles. The number of nitrogen functional groups attached to an aromatic ring is 1. The quantitative estimate of drug-likeness (QED) is 0.0635. The Morgan fingerprint density at radius 2 is 1.77 bits per heavy atom. The van der Waals surface area contributed by atoms with Crippen molar-refractivity contribution in [2.24, 2.45) is 11.3 Å². The largest absolute Gasteiger partial charge is 0.481 e. The average Bonchev–Trinajstić information content (AvgIpc) is 4.22. The number of hydrogen-bond acceptors (Lipinski definition) is 14. The average molecular weight is 1080 g/mol. The Balaban J connectivity index is 0.893. The van der Waals surface area contributed by atoms with Crippen molar-refractivity contribution in [1.82, 2.24) is 50.7 Å². The first-order chi connectivity index (χ1) is 37.3. The SMILES string of the molecule is CC[C@H](NC(=O)[C@H]1C[C@@H](NCCOCCOCCC(=O)N(C)CCn2nc3c(c2OC)-c2cnc(N)c(c2)N2CCC[C@@H]2c2cc(F)ccc2C(=O)N(C)C3)CN1C(=O)C(CNC(=O)[C@@H](C)NC)C(C)(C)C)c1ccccc1. The van der Waals surface area contributed by atoms with Gasteiger partial charge < -0.3 is 60.8 Å². The molecule has 2 bridgehead atoms. The first-order valence-corrected chi connectivity index (χ1v) is 27.3. The predicted octanol–water partition coefficient (Wildman–Crippen LogP) is 4.70. The normalized spacial score (nSPS) is 18.5. The summed E-state index contributed by atoms with van der Waals surface area (Å²) < 4.78 is 34.1. The number of aromatic nitrogens is 3.